The molecule has 58 heavy (non-hydrogen) atoms. The van der Waals surface area contributed by atoms with Gasteiger partial charge in [0.1, 0.15) is 11.5 Å². The second kappa shape index (κ2) is 13.5. The van der Waals surface area contributed by atoms with E-state index in [4.69, 9.17) is 18.9 Å². The first-order valence-electron chi connectivity index (χ1n) is 19.3. The van der Waals surface area contributed by atoms with Crippen LogP contribution in [0.1, 0.15) is 0 Å². The van der Waals surface area contributed by atoms with Crippen molar-refractivity contribution < 1.29 is 18.9 Å². The molecule has 6 heteroatoms. The van der Waals surface area contributed by atoms with Crippen molar-refractivity contribution in [3.63, 3.8) is 0 Å². The highest BCUT2D eigenvalue weighted by Crippen LogP contribution is 2.53. The molecule has 0 saturated carbocycles. The van der Waals surface area contributed by atoms with Crippen LogP contribution >= 0.6 is 0 Å². The van der Waals surface area contributed by atoms with Crippen molar-refractivity contribution in [1.29, 1.82) is 0 Å². The summed E-state index contributed by atoms with van der Waals surface area (Å²) >= 11 is 0. The van der Waals surface area contributed by atoms with E-state index in [-0.39, 0.29) is 0 Å². The quantitative estimate of drug-likeness (QED) is 0.168. The summed E-state index contributed by atoms with van der Waals surface area (Å²) in [5.74, 6) is 4.93. The number of anilines is 6. The Hall–Kier alpha value is -7.70. The average Bonchev–Trinajstić information content (AvgIpc) is 3.29. The molecular weight excluding hydrogens is 717 g/mol. The molecule has 0 spiro atoms. The van der Waals surface area contributed by atoms with E-state index in [2.05, 4.69) is 155 Å². The van der Waals surface area contributed by atoms with Crippen LogP contribution in [0, 0.1) is 0 Å². The Morgan fingerprint density at radius 1 is 0.328 bits per heavy atom. The Morgan fingerprint density at radius 3 is 1.16 bits per heavy atom. The Morgan fingerprint density at radius 2 is 0.707 bits per heavy atom. The monoisotopic (exact) mass is 752 g/mol. The van der Waals surface area contributed by atoms with Crippen molar-refractivity contribution in [1.82, 2.24) is 0 Å². The van der Waals surface area contributed by atoms with Crippen LogP contribution in [0.4, 0.5) is 34.1 Å². The van der Waals surface area contributed by atoms with E-state index in [9.17, 15) is 0 Å². The van der Waals surface area contributed by atoms with Gasteiger partial charge < -0.3 is 28.7 Å². The molecule has 0 fully saturated rings. The number of hydrogen-bond acceptors (Lipinski definition) is 6. The zero-order valence-electron chi connectivity index (χ0n) is 31.8. The molecule has 9 aromatic rings. The fraction of sp³-hybridized carbons (Fsp3) is 0.0385. The highest BCUT2D eigenvalue weighted by atomic mass is 16.5. The Labute approximate surface area is 336 Å². The second-order valence-corrected chi connectivity index (χ2v) is 14.5. The molecule has 0 unspecified atom stereocenters. The van der Waals surface area contributed by atoms with Gasteiger partial charge in [0.25, 0.3) is 0 Å². The Balaban J connectivity index is 0.910. The van der Waals surface area contributed by atoms with Gasteiger partial charge in [0.15, 0.2) is 23.0 Å². The van der Waals surface area contributed by atoms with E-state index < -0.39 is 0 Å². The standard InChI is InChI=1S/C52H36N2O4/c1-55-43-23-17-35-27-41(21-15-37(35)29-43)53-45-7-3-5-9-49(45)57-51-31-39(19-25-47(51)53)33-11-13-34(14-12-33)40-20-26-48-52(32-40)58-50-10-6-4-8-46(50)54(48)42-22-16-38-30-44(56-2)24-18-36(38)28-42/h3-32H,1-2H3. The van der Waals surface area contributed by atoms with Crippen molar-refractivity contribution in [3.8, 4) is 56.8 Å². The van der Waals surface area contributed by atoms with Gasteiger partial charge >= 0.3 is 0 Å². The molecule has 11 rings (SSSR count). The van der Waals surface area contributed by atoms with Gasteiger partial charge in [-0.3, -0.25) is 0 Å². The molecule has 9 aromatic carbocycles. The van der Waals surface area contributed by atoms with Gasteiger partial charge in [-0.2, -0.15) is 0 Å². The van der Waals surface area contributed by atoms with Crippen molar-refractivity contribution in [2.24, 2.45) is 0 Å². The minimum Gasteiger partial charge on any atom is -0.497 e. The fourth-order valence-corrected chi connectivity index (χ4v) is 8.24. The number of para-hydroxylation sites is 4. The van der Waals surface area contributed by atoms with Crippen molar-refractivity contribution >= 4 is 55.7 Å². The number of rotatable bonds is 6. The normalized spacial score (nSPS) is 12.5. The first-order chi connectivity index (χ1) is 28.6. The van der Waals surface area contributed by atoms with E-state index in [1.54, 1.807) is 14.2 Å². The lowest BCUT2D eigenvalue weighted by molar-refractivity contribution is 0.415. The number of hydrogen-bond donors (Lipinski definition) is 0. The zero-order valence-corrected chi connectivity index (χ0v) is 31.8. The lowest BCUT2D eigenvalue weighted by Crippen LogP contribution is -2.15. The number of fused-ring (bicyclic) bond motifs is 6. The molecule has 0 radical (unpaired) electrons. The molecule has 0 saturated heterocycles. The molecule has 0 amide bonds. The molecule has 0 N–H and O–H groups in total. The third-order valence-corrected chi connectivity index (χ3v) is 11.2. The summed E-state index contributed by atoms with van der Waals surface area (Å²) in [5, 5.41) is 4.53. The minimum absolute atomic E-state index is 0.804. The van der Waals surface area contributed by atoms with Gasteiger partial charge in [-0.1, -0.05) is 84.9 Å². The number of nitrogens with zero attached hydrogens (tertiary/aromatic N) is 2. The first kappa shape index (κ1) is 33.6. The van der Waals surface area contributed by atoms with Crippen LogP contribution in [0.3, 0.4) is 0 Å². The highest BCUT2D eigenvalue weighted by Gasteiger charge is 2.28. The van der Waals surface area contributed by atoms with Gasteiger partial charge in [0.2, 0.25) is 0 Å². The summed E-state index contributed by atoms with van der Waals surface area (Å²) < 4.78 is 24.1. The number of ether oxygens (including phenoxy) is 4. The van der Waals surface area contributed by atoms with Crippen LogP contribution in [0.15, 0.2) is 182 Å². The van der Waals surface area contributed by atoms with E-state index in [0.717, 1.165) is 112 Å². The third kappa shape index (κ3) is 5.65. The smallest absolute Gasteiger partial charge is 0.152 e. The summed E-state index contributed by atoms with van der Waals surface area (Å²) in [6.45, 7) is 0. The molecule has 0 aromatic heterocycles. The molecule has 0 atom stereocenters. The Kier molecular flexibility index (Phi) is 7.83. The van der Waals surface area contributed by atoms with Crippen LogP contribution < -0.4 is 28.7 Å². The van der Waals surface area contributed by atoms with E-state index in [1.165, 1.54) is 0 Å². The molecule has 2 aliphatic heterocycles. The predicted molar refractivity (Wildman–Crippen MR) is 235 cm³/mol. The number of methoxy groups -OCH3 is 2. The van der Waals surface area contributed by atoms with Crippen molar-refractivity contribution in [2.45, 2.75) is 0 Å². The SMILES string of the molecule is COc1ccc2cc(N3c4ccccc4Oc4cc(-c5ccc(-c6ccc7c(c6)Oc6ccccc6N7c6ccc7cc(OC)ccc7c6)cc5)ccc43)ccc2c1. The maximum atomic E-state index is 6.57. The fourth-order valence-electron chi connectivity index (χ4n) is 8.24. The van der Waals surface area contributed by atoms with Gasteiger partial charge in [-0.15, -0.1) is 0 Å². The van der Waals surface area contributed by atoms with Crippen molar-refractivity contribution in [2.75, 3.05) is 24.0 Å². The summed E-state index contributed by atoms with van der Waals surface area (Å²) in [6, 6.07) is 63.4. The van der Waals surface area contributed by atoms with Gasteiger partial charge in [0, 0.05) is 11.4 Å². The molecule has 0 bridgehead atoms. The van der Waals surface area contributed by atoms with Crippen LogP contribution in [-0.4, -0.2) is 14.2 Å². The molecule has 278 valence electrons. The summed E-state index contributed by atoms with van der Waals surface area (Å²) in [4.78, 5) is 4.56. The van der Waals surface area contributed by atoms with Crippen LogP contribution in [0.5, 0.6) is 34.5 Å². The molecule has 0 aliphatic carbocycles. The topological polar surface area (TPSA) is 43.4 Å². The lowest BCUT2D eigenvalue weighted by atomic mass is 9.98. The average molecular weight is 753 g/mol. The van der Waals surface area contributed by atoms with Crippen LogP contribution in [-0.2, 0) is 0 Å². The predicted octanol–water partition coefficient (Wildman–Crippen LogP) is 14.5. The van der Waals surface area contributed by atoms with Gasteiger partial charge in [-0.25, -0.2) is 0 Å². The van der Waals surface area contributed by atoms with E-state index >= 15 is 0 Å². The highest BCUT2D eigenvalue weighted by molar-refractivity contribution is 5.95. The molecule has 2 aliphatic rings. The maximum absolute atomic E-state index is 6.57. The molecule has 2 heterocycles. The van der Waals surface area contributed by atoms with Gasteiger partial charge in [0.05, 0.1) is 37.0 Å². The van der Waals surface area contributed by atoms with Gasteiger partial charge in [-0.05, 0) is 141 Å². The summed E-state index contributed by atoms with van der Waals surface area (Å²) in [5.41, 5.74) is 10.4. The third-order valence-electron chi connectivity index (χ3n) is 11.2. The summed E-state index contributed by atoms with van der Waals surface area (Å²) in [7, 11) is 3.39. The van der Waals surface area contributed by atoms with E-state index in [0.29, 0.717) is 0 Å². The summed E-state index contributed by atoms with van der Waals surface area (Å²) in [6.07, 6.45) is 0. The second-order valence-electron chi connectivity index (χ2n) is 14.5. The van der Waals surface area contributed by atoms with Crippen LogP contribution in [0.25, 0.3) is 43.8 Å². The lowest BCUT2D eigenvalue weighted by Gasteiger charge is -2.33. The van der Waals surface area contributed by atoms with E-state index in [1.807, 2.05) is 36.4 Å². The first-order valence-corrected chi connectivity index (χ1v) is 19.3. The Bertz CT molecular complexity index is 2860. The molecule has 6 nitrogen and oxygen atoms in total. The number of benzene rings is 9. The zero-order chi connectivity index (χ0) is 38.7. The van der Waals surface area contributed by atoms with Crippen molar-refractivity contribution in [3.05, 3.63) is 182 Å². The minimum atomic E-state index is 0.804. The van der Waals surface area contributed by atoms with Crippen LogP contribution in [0.2, 0.25) is 0 Å². The largest absolute Gasteiger partial charge is 0.497 e. The maximum Gasteiger partial charge on any atom is 0.152 e. The molecular formula is C52H36N2O4.